The number of halogens is 3. The number of alkyl halides is 2. The van der Waals surface area contributed by atoms with Gasteiger partial charge in [-0.05, 0) is 81.6 Å². The molecule has 10 heteroatoms. The minimum absolute atomic E-state index is 0.0189. The molecule has 3 aromatic rings. The number of anilines is 1. The number of benzene rings is 2. The summed E-state index contributed by atoms with van der Waals surface area (Å²) in [5, 5.41) is 4.92. The highest BCUT2D eigenvalue weighted by Gasteiger charge is 2.45. The van der Waals surface area contributed by atoms with Crippen molar-refractivity contribution in [3.63, 3.8) is 0 Å². The zero-order valence-corrected chi connectivity index (χ0v) is 25.2. The second kappa shape index (κ2) is 11.8. The quantitative estimate of drug-likeness (QED) is 0.294. The zero-order chi connectivity index (χ0) is 30.4. The smallest absolute Gasteiger partial charge is 0.319 e. The van der Waals surface area contributed by atoms with Gasteiger partial charge < -0.3 is 15.0 Å². The number of aromatic nitrogens is 2. The lowest BCUT2D eigenvalue weighted by Crippen LogP contribution is -2.51. The van der Waals surface area contributed by atoms with Crippen LogP contribution in [-0.2, 0) is 6.42 Å². The Labute approximate surface area is 256 Å². The van der Waals surface area contributed by atoms with E-state index in [4.69, 9.17) is 9.72 Å². The maximum Gasteiger partial charge on any atom is 0.319 e. The Hall–Kier alpha value is -3.50. The van der Waals surface area contributed by atoms with Gasteiger partial charge in [-0.25, -0.2) is 13.2 Å². The number of piperazine rings is 1. The molecule has 0 aliphatic carbocycles. The number of aliphatic imine (C=N–C) groups is 1. The van der Waals surface area contributed by atoms with Crippen LogP contribution in [0.3, 0.4) is 0 Å². The van der Waals surface area contributed by atoms with Crippen LogP contribution < -0.4 is 15.0 Å². The lowest BCUT2D eigenvalue weighted by atomic mass is 9.95. The largest absolute Gasteiger partial charge is 0.461 e. The molecule has 4 aliphatic rings. The van der Waals surface area contributed by atoms with Crippen LogP contribution in [0.15, 0.2) is 41.4 Å². The van der Waals surface area contributed by atoms with Crippen LogP contribution in [0.4, 0.5) is 19.0 Å². The van der Waals surface area contributed by atoms with Gasteiger partial charge in [0.05, 0.1) is 5.54 Å². The zero-order valence-electron chi connectivity index (χ0n) is 25.2. The molecule has 2 bridgehead atoms. The summed E-state index contributed by atoms with van der Waals surface area (Å²) in [5.74, 6) is -0.0181. The SMILES string of the molecule is C=N/C(=C(/F)c1nc(OCC23CCCN2CCC3)nc(N2CC3CCC(C2)N3)c1C)c1cccc2cccc(CC(F)F)c12. The number of hydrogen-bond acceptors (Lipinski definition) is 7. The molecule has 4 aliphatic heterocycles. The third kappa shape index (κ3) is 5.26. The summed E-state index contributed by atoms with van der Waals surface area (Å²) in [6.07, 6.45) is 3.63. The van der Waals surface area contributed by atoms with Crippen molar-refractivity contribution in [3.8, 4) is 6.01 Å². The summed E-state index contributed by atoms with van der Waals surface area (Å²) < 4.78 is 50.4. The van der Waals surface area contributed by atoms with E-state index in [2.05, 4.69) is 31.8 Å². The highest BCUT2D eigenvalue weighted by Crippen LogP contribution is 2.41. The first kappa shape index (κ1) is 29.2. The molecule has 1 N–H and O–H groups in total. The highest BCUT2D eigenvalue weighted by molar-refractivity contribution is 6.01. The van der Waals surface area contributed by atoms with E-state index in [0.29, 0.717) is 46.6 Å². The second-order valence-corrected chi connectivity index (χ2v) is 12.8. The van der Waals surface area contributed by atoms with Crippen LogP contribution in [0.1, 0.15) is 60.9 Å². The van der Waals surface area contributed by atoms with Gasteiger partial charge in [0.1, 0.15) is 23.8 Å². The van der Waals surface area contributed by atoms with E-state index in [1.807, 2.05) is 19.1 Å². The first-order valence-corrected chi connectivity index (χ1v) is 15.8. The normalized spacial score (nSPS) is 23.3. The summed E-state index contributed by atoms with van der Waals surface area (Å²) in [4.78, 5) is 18.4. The van der Waals surface area contributed by atoms with E-state index >= 15 is 4.39 Å². The Bertz CT molecular complexity index is 1580. The standard InChI is InChI=1S/C34H39F3N6O/c1-21-30(29(37)31(38-2)26-10-4-8-22-7-3-9-23(28(22)26)17-27(35)36)40-33(44-20-34-13-5-15-43(34)16-6-14-34)41-32(21)42-18-24-11-12-25(19-42)39-24/h3-4,7-10,24-25,27,39H,2,5-6,11-20H2,1H3/b31-29+. The average molecular weight is 605 g/mol. The molecule has 0 amide bonds. The fraction of sp³-hybridized carbons (Fsp3) is 0.500. The Morgan fingerprint density at radius 2 is 1.80 bits per heavy atom. The number of fused-ring (bicyclic) bond motifs is 4. The molecule has 232 valence electrons. The molecule has 1 aromatic heterocycles. The molecule has 0 saturated carbocycles. The number of ether oxygens (including phenoxy) is 1. The van der Waals surface area contributed by atoms with Gasteiger partial charge in [-0.2, -0.15) is 9.97 Å². The first-order chi connectivity index (χ1) is 21.3. The Balaban J connectivity index is 1.33. The van der Waals surface area contributed by atoms with E-state index in [9.17, 15) is 8.78 Å². The minimum atomic E-state index is -2.54. The minimum Gasteiger partial charge on any atom is -0.461 e. The number of nitrogens with zero attached hydrogens (tertiary/aromatic N) is 5. The summed E-state index contributed by atoms with van der Waals surface area (Å²) in [6, 6.07) is 11.4. The van der Waals surface area contributed by atoms with Crippen LogP contribution in [-0.4, -0.2) is 78.4 Å². The Morgan fingerprint density at radius 1 is 1.09 bits per heavy atom. The molecule has 5 heterocycles. The Morgan fingerprint density at radius 3 is 2.48 bits per heavy atom. The van der Waals surface area contributed by atoms with Crippen LogP contribution in [0, 0.1) is 6.92 Å². The van der Waals surface area contributed by atoms with Gasteiger partial charge in [0.15, 0.2) is 5.83 Å². The van der Waals surface area contributed by atoms with Crippen LogP contribution >= 0.6 is 0 Å². The number of rotatable bonds is 9. The van der Waals surface area contributed by atoms with Crippen molar-refractivity contribution >= 4 is 34.8 Å². The molecule has 7 nitrogen and oxygen atoms in total. The third-order valence-corrected chi connectivity index (χ3v) is 10.1. The second-order valence-electron chi connectivity index (χ2n) is 12.8. The highest BCUT2D eigenvalue weighted by atomic mass is 19.3. The molecule has 2 aromatic carbocycles. The van der Waals surface area contributed by atoms with E-state index in [0.717, 1.165) is 70.1 Å². The van der Waals surface area contributed by atoms with E-state index in [-0.39, 0.29) is 22.9 Å². The molecule has 4 saturated heterocycles. The molecule has 0 radical (unpaired) electrons. The predicted octanol–water partition coefficient (Wildman–Crippen LogP) is 6.19. The lowest BCUT2D eigenvalue weighted by molar-refractivity contribution is 0.107. The molecule has 0 spiro atoms. The van der Waals surface area contributed by atoms with Gasteiger partial charge >= 0.3 is 6.01 Å². The molecular formula is C34H39F3N6O. The Kier molecular flexibility index (Phi) is 7.82. The summed E-state index contributed by atoms with van der Waals surface area (Å²) in [6.45, 7) is 9.67. The van der Waals surface area contributed by atoms with E-state index in [1.165, 1.54) is 0 Å². The summed E-state index contributed by atoms with van der Waals surface area (Å²) in [7, 11) is 0. The van der Waals surface area contributed by atoms with Crippen molar-refractivity contribution in [2.75, 3.05) is 37.7 Å². The third-order valence-electron chi connectivity index (χ3n) is 10.1. The van der Waals surface area contributed by atoms with Gasteiger partial charge in [-0.15, -0.1) is 0 Å². The van der Waals surface area contributed by atoms with Gasteiger partial charge in [-0.1, -0.05) is 36.4 Å². The topological polar surface area (TPSA) is 65.9 Å². The van der Waals surface area contributed by atoms with Crippen molar-refractivity contribution in [1.29, 1.82) is 0 Å². The van der Waals surface area contributed by atoms with Crippen molar-refractivity contribution in [1.82, 2.24) is 20.2 Å². The van der Waals surface area contributed by atoms with Gasteiger partial charge in [0.2, 0.25) is 6.43 Å². The van der Waals surface area contributed by atoms with E-state index < -0.39 is 18.7 Å². The molecule has 2 unspecified atom stereocenters. The summed E-state index contributed by atoms with van der Waals surface area (Å²) >= 11 is 0. The molecule has 2 atom stereocenters. The van der Waals surface area contributed by atoms with Gasteiger partial charge in [0.25, 0.3) is 0 Å². The van der Waals surface area contributed by atoms with Crippen LogP contribution in [0.2, 0.25) is 0 Å². The fourth-order valence-electron chi connectivity index (χ4n) is 8.04. The molecular weight excluding hydrogens is 565 g/mol. The van der Waals surface area contributed by atoms with Crippen molar-refractivity contribution in [2.45, 2.75) is 75.9 Å². The van der Waals surface area contributed by atoms with Gasteiger partial charge in [-0.3, -0.25) is 9.89 Å². The van der Waals surface area contributed by atoms with Crippen molar-refractivity contribution in [2.24, 2.45) is 4.99 Å². The monoisotopic (exact) mass is 604 g/mol. The van der Waals surface area contributed by atoms with Crippen LogP contribution in [0.5, 0.6) is 6.01 Å². The number of nitrogens with one attached hydrogen (secondary N) is 1. The maximum absolute atomic E-state index is 16.9. The van der Waals surface area contributed by atoms with E-state index in [1.54, 1.807) is 24.3 Å². The molecule has 44 heavy (non-hydrogen) atoms. The maximum atomic E-state index is 16.9. The summed E-state index contributed by atoms with van der Waals surface area (Å²) in [5.41, 5.74) is 1.46. The first-order valence-electron chi connectivity index (χ1n) is 15.8. The van der Waals surface area contributed by atoms with Crippen molar-refractivity contribution in [3.05, 3.63) is 58.8 Å². The molecule has 4 fully saturated rings. The average Bonchev–Trinajstić information content (AvgIpc) is 3.70. The van der Waals surface area contributed by atoms with Gasteiger partial charge in [0, 0.05) is 42.7 Å². The lowest BCUT2D eigenvalue weighted by Gasteiger charge is -2.35. The fourth-order valence-corrected chi connectivity index (χ4v) is 8.04. The number of hydrogen-bond donors (Lipinski definition) is 1. The van der Waals surface area contributed by atoms with Crippen molar-refractivity contribution < 1.29 is 17.9 Å². The molecule has 7 rings (SSSR count). The predicted molar refractivity (Wildman–Crippen MR) is 168 cm³/mol. The van der Waals surface area contributed by atoms with Crippen LogP contribution in [0.25, 0.3) is 22.3 Å².